The highest BCUT2D eigenvalue weighted by Gasteiger charge is 2.15. The first-order valence-electron chi connectivity index (χ1n) is 6.19. The molecule has 0 radical (unpaired) electrons. The molecule has 0 bridgehead atoms. The van der Waals surface area contributed by atoms with Crippen LogP contribution < -0.4 is 5.73 Å². The topological polar surface area (TPSA) is 56.7 Å². The Kier molecular flexibility index (Phi) is 4.80. The summed E-state index contributed by atoms with van der Waals surface area (Å²) in [6.07, 6.45) is 3.14. The number of benzene rings is 1. The van der Waals surface area contributed by atoms with Crippen LogP contribution in [0, 0.1) is 0 Å². The van der Waals surface area contributed by atoms with E-state index in [1.807, 2.05) is 4.68 Å². The minimum atomic E-state index is -0.244. The molecule has 0 amide bonds. The number of rotatable bonds is 5. The second-order valence-corrected chi connectivity index (χ2v) is 5.22. The van der Waals surface area contributed by atoms with E-state index in [2.05, 4.69) is 17.0 Å². The van der Waals surface area contributed by atoms with Gasteiger partial charge in [-0.15, -0.1) is 0 Å². The second-order valence-electron chi connectivity index (χ2n) is 4.38. The fraction of sp³-hybridized carbons (Fsp3) is 0.385. The highest BCUT2D eigenvalue weighted by atomic mass is 35.5. The molecule has 0 aliphatic rings. The lowest BCUT2D eigenvalue weighted by Crippen LogP contribution is -2.17. The van der Waals surface area contributed by atoms with Gasteiger partial charge in [0, 0.05) is 29.1 Å². The molecule has 102 valence electrons. The van der Waals surface area contributed by atoms with Crippen LogP contribution in [-0.4, -0.2) is 14.8 Å². The Morgan fingerprint density at radius 2 is 2.16 bits per heavy atom. The molecule has 0 saturated heterocycles. The SMILES string of the molecule is CCCn1ncnc1CC(N)c1cc(Cl)ccc1Cl. The van der Waals surface area contributed by atoms with E-state index in [0.29, 0.717) is 16.5 Å². The van der Waals surface area contributed by atoms with Crippen molar-refractivity contribution >= 4 is 23.2 Å². The van der Waals surface area contributed by atoms with Gasteiger partial charge in [-0.1, -0.05) is 30.1 Å². The maximum absolute atomic E-state index is 6.20. The molecule has 2 N–H and O–H groups in total. The van der Waals surface area contributed by atoms with Crippen LogP contribution in [0.5, 0.6) is 0 Å². The second kappa shape index (κ2) is 6.37. The standard InChI is InChI=1S/C13H16Cl2N4/c1-2-5-19-13(17-8-18-19)7-12(16)10-6-9(14)3-4-11(10)15/h3-4,6,8,12H,2,5,7,16H2,1H3. The van der Waals surface area contributed by atoms with E-state index in [1.54, 1.807) is 24.5 Å². The van der Waals surface area contributed by atoms with Gasteiger partial charge in [-0.05, 0) is 30.2 Å². The molecule has 0 aliphatic heterocycles. The summed E-state index contributed by atoms with van der Waals surface area (Å²) in [6, 6.07) is 5.07. The zero-order valence-electron chi connectivity index (χ0n) is 10.7. The van der Waals surface area contributed by atoms with Crippen LogP contribution >= 0.6 is 23.2 Å². The van der Waals surface area contributed by atoms with E-state index in [4.69, 9.17) is 28.9 Å². The van der Waals surface area contributed by atoms with Crippen molar-refractivity contribution in [2.24, 2.45) is 5.73 Å². The van der Waals surface area contributed by atoms with Crippen LogP contribution in [0.2, 0.25) is 10.0 Å². The molecule has 1 unspecified atom stereocenters. The van der Waals surface area contributed by atoms with Gasteiger partial charge >= 0.3 is 0 Å². The van der Waals surface area contributed by atoms with Gasteiger partial charge in [0.15, 0.2) is 0 Å². The van der Waals surface area contributed by atoms with Crippen molar-refractivity contribution in [2.45, 2.75) is 32.4 Å². The highest BCUT2D eigenvalue weighted by molar-refractivity contribution is 6.33. The van der Waals surface area contributed by atoms with Gasteiger partial charge in [-0.25, -0.2) is 4.98 Å². The molecule has 1 atom stereocenters. The van der Waals surface area contributed by atoms with Gasteiger partial charge in [0.1, 0.15) is 12.2 Å². The largest absolute Gasteiger partial charge is 0.324 e. The molecule has 0 fully saturated rings. The molecule has 4 nitrogen and oxygen atoms in total. The van der Waals surface area contributed by atoms with Crippen molar-refractivity contribution in [2.75, 3.05) is 0 Å². The van der Waals surface area contributed by atoms with E-state index in [-0.39, 0.29) is 6.04 Å². The summed E-state index contributed by atoms with van der Waals surface area (Å²) < 4.78 is 1.87. The molecule has 1 heterocycles. The number of nitrogens with zero attached hydrogens (tertiary/aromatic N) is 3. The molecule has 0 aliphatic carbocycles. The van der Waals surface area contributed by atoms with Crippen molar-refractivity contribution in [3.05, 3.63) is 46.0 Å². The Morgan fingerprint density at radius 3 is 2.89 bits per heavy atom. The zero-order chi connectivity index (χ0) is 13.8. The van der Waals surface area contributed by atoms with Gasteiger partial charge in [0.05, 0.1) is 0 Å². The van der Waals surface area contributed by atoms with Crippen LogP contribution in [0.3, 0.4) is 0 Å². The van der Waals surface area contributed by atoms with E-state index in [9.17, 15) is 0 Å². The molecule has 0 saturated carbocycles. The van der Waals surface area contributed by atoms with Gasteiger partial charge in [-0.2, -0.15) is 5.10 Å². The van der Waals surface area contributed by atoms with Crippen LogP contribution in [0.1, 0.15) is 30.8 Å². The van der Waals surface area contributed by atoms with E-state index >= 15 is 0 Å². The third-order valence-corrected chi connectivity index (χ3v) is 3.47. The Hall–Kier alpha value is -1.10. The average molecular weight is 299 g/mol. The first-order chi connectivity index (χ1) is 9.11. The van der Waals surface area contributed by atoms with E-state index in [1.165, 1.54) is 0 Å². The van der Waals surface area contributed by atoms with Crippen molar-refractivity contribution in [3.63, 3.8) is 0 Å². The number of aryl methyl sites for hydroxylation is 1. The Morgan fingerprint density at radius 1 is 1.37 bits per heavy atom. The lowest BCUT2D eigenvalue weighted by Gasteiger charge is -2.14. The predicted octanol–water partition coefficient (Wildman–Crippen LogP) is 3.24. The molecular weight excluding hydrogens is 283 g/mol. The normalized spacial score (nSPS) is 12.6. The summed E-state index contributed by atoms with van der Waals surface area (Å²) >= 11 is 12.1. The van der Waals surface area contributed by atoms with Gasteiger partial charge in [-0.3, -0.25) is 4.68 Å². The first-order valence-corrected chi connectivity index (χ1v) is 6.94. The molecule has 2 aromatic rings. The smallest absolute Gasteiger partial charge is 0.138 e. The molecule has 2 rings (SSSR count). The number of hydrogen-bond acceptors (Lipinski definition) is 3. The fourth-order valence-electron chi connectivity index (χ4n) is 1.95. The third kappa shape index (κ3) is 3.47. The Bertz CT molecular complexity index is 553. The number of halogens is 2. The van der Waals surface area contributed by atoms with Crippen LogP contribution in [0.25, 0.3) is 0 Å². The molecule has 1 aromatic carbocycles. The monoisotopic (exact) mass is 298 g/mol. The van der Waals surface area contributed by atoms with Crippen LogP contribution in [0.15, 0.2) is 24.5 Å². The van der Waals surface area contributed by atoms with Crippen LogP contribution in [0.4, 0.5) is 0 Å². The van der Waals surface area contributed by atoms with Gasteiger partial charge in [0.25, 0.3) is 0 Å². The number of aromatic nitrogens is 3. The maximum Gasteiger partial charge on any atom is 0.138 e. The summed E-state index contributed by atoms with van der Waals surface area (Å²) in [5.74, 6) is 0.866. The lowest BCUT2D eigenvalue weighted by molar-refractivity contribution is 0.548. The van der Waals surface area contributed by atoms with Crippen molar-refractivity contribution in [3.8, 4) is 0 Å². The predicted molar refractivity (Wildman–Crippen MR) is 77.4 cm³/mol. The molecule has 0 spiro atoms. The summed E-state index contributed by atoms with van der Waals surface area (Å²) in [5.41, 5.74) is 7.03. The minimum absolute atomic E-state index is 0.244. The molecule has 19 heavy (non-hydrogen) atoms. The molecule has 6 heteroatoms. The van der Waals surface area contributed by atoms with E-state index < -0.39 is 0 Å². The summed E-state index contributed by atoms with van der Waals surface area (Å²) in [5, 5.41) is 5.44. The highest BCUT2D eigenvalue weighted by Crippen LogP contribution is 2.26. The number of hydrogen-bond donors (Lipinski definition) is 1. The summed E-state index contributed by atoms with van der Waals surface area (Å²) in [4.78, 5) is 4.25. The lowest BCUT2D eigenvalue weighted by atomic mass is 10.0. The summed E-state index contributed by atoms with van der Waals surface area (Å²) in [7, 11) is 0. The molecule has 1 aromatic heterocycles. The average Bonchev–Trinajstić information content (AvgIpc) is 2.80. The van der Waals surface area contributed by atoms with Crippen molar-refractivity contribution in [1.82, 2.24) is 14.8 Å². The molecular formula is C13H16Cl2N4. The first kappa shape index (κ1) is 14.3. The third-order valence-electron chi connectivity index (χ3n) is 2.89. The fourth-order valence-corrected chi connectivity index (χ4v) is 2.39. The maximum atomic E-state index is 6.20. The number of nitrogens with two attached hydrogens (primary N) is 1. The van der Waals surface area contributed by atoms with Crippen molar-refractivity contribution < 1.29 is 0 Å². The van der Waals surface area contributed by atoms with Gasteiger partial charge in [0.2, 0.25) is 0 Å². The minimum Gasteiger partial charge on any atom is -0.324 e. The zero-order valence-corrected chi connectivity index (χ0v) is 12.2. The van der Waals surface area contributed by atoms with E-state index in [0.717, 1.165) is 24.4 Å². The Balaban J connectivity index is 2.18. The van der Waals surface area contributed by atoms with Gasteiger partial charge < -0.3 is 5.73 Å². The van der Waals surface area contributed by atoms with Crippen molar-refractivity contribution in [1.29, 1.82) is 0 Å². The quantitative estimate of drug-likeness (QED) is 0.922. The van der Waals surface area contributed by atoms with Crippen LogP contribution in [-0.2, 0) is 13.0 Å². The Labute approximate surface area is 122 Å². The summed E-state index contributed by atoms with van der Waals surface area (Å²) in [6.45, 7) is 2.94.